The van der Waals surface area contributed by atoms with Crippen LogP contribution in [0.15, 0.2) is 94.8 Å². The molecule has 0 aliphatic heterocycles. The molecular weight excluding hydrogens is 1480 g/mol. The molecule has 0 spiro atoms. The summed E-state index contributed by atoms with van der Waals surface area (Å²) in [6.45, 7) is 26.4. The summed E-state index contributed by atoms with van der Waals surface area (Å²) < 4.78 is 9.80. The van der Waals surface area contributed by atoms with Gasteiger partial charge in [0.05, 0.1) is 98.1 Å². The average molecular weight is 1570 g/mol. The van der Waals surface area contributed by atoms with Gasteiger partial charge < -0.3 is 41.1 Å². The van der Waals surface area contributed by atoms with E-state index in [1.807, 2.05) is 88.6 Å². The van der Waals surface area contributed by atoms with Gasteiger partial charge in [0, 0.05) is 71.5 Å². The highest BCUT2D eigenvalue weighted by Crippen LogP contribution is 2.52. The topological polar surface area (TPSA) is 341 Å². The predicted octanol–water partition coefficient (Wildman–Crippen LogP) is 13.7. The predicted molar refractivity (Wildman–Crippen MR) is 409 cm³/mol. The summed E-state index contributed by atoms with van der Waals surface area (Å²) in [4.78, 5) is 25.2. The van der Waals surface area contributed by atoms with Crippen LogP contribution in [0.25, 0.3) is 54.1 Å². The zero-order chi connectivity index (χ0) is 74.3. The minimum absolute atomic E-state index is 0.0906. The second kappa shape index (κ2) is 32.9. The Balaban J connectivity index is 0.000000159. The van der Waals surface area contributed by atoms with Crippen LogP contribution in [-0.4, -0.2) is 147 Å². The van der Waals surface area contributed by atoms with Crippen LogP contribution in [0, 0.1) is 40.4 Å². The highest BCUT2D eigenvalue weighted by atomic mass is 79.9. The summed E-state index contributed by atoms with van der Waals surface area (Å²) >= 11 is 11.5. The quantitative estimate of drug-likeness (QED) is 0.0253. The van der Waals surface area contributed by atoms with Crippen molar-refractivity contribution in [2.75, 3.05) is 23.1 Å². The maximum Gasteiger partial charge on any atom is 0.309 e. The minimum atomic E-state index is -1.01. The Bertz CT molecular complexity index is 4620. The monoisotopic (exact) mass is 1560 g/mol. The number of carbonyl (C=O) groups is 1. The first-order chi connectivity index (χ1) is 48.0. The van der Waals surface area contributed by atoms with Gasteiger partial charge >= 0.3 is 5.97 Å². The van der Waals surface area contributed by atoms with Crippen LogP contribution < -0.4 is 21.5 Å². The number of ether oxygens (including phenoxy) is 1. The van der Waals surface area contributed by atoms with E-state index < -0.39 is 22.4 Å². The molecule has 0 amide bonds. The molecule has 3 fully saturated rings. The van der Waals surface area contributed by atoms with Crippen molar-refractivity contribution in [1.29, 1.82) is 10.5 Å². The molecule has 3 aliphatic carbocycles. The third-order valence-electron chi connectivity index (χ3n) is 18.1. The first kappa shape index (κ1) is 78.4. The Morgan fingerprint density at radius 1 is 0.549 bits per heavy atom. The van der Waals surface area contributed by atoms with E-state index in [2.05, 4.69) is 146 Å². The maximum absolute atomic E-state index is 11.8. The number of nitrogens with zero attached hydrogens (tertiary/aromatic N) is 15. The Kier molecular flexibility index (Phi) is 25.3. The molecule has 536 valence electrons. The van der Waals surface area contributed by atoms with Gasteiger partial charge in [-0.05, 0) is 239 Å². The van der Waals surface area contributed by atoms with E-state index in [0.29, 0.717) is 34.7 Å². The van der Waals surface area contributed by atoms with Crippen molar-refractivity contribution < 1.29 is 30.0 Å². The second-order valence-corrected chi connectivity index (χ2v) is 33.3. The molecule has 7 N–H and O–H groups in total. The smallest absolute Gasteiger partial charge is 0.309 e. The molecule has 0 unspecified atom stereocenters. The standard InChI is InChI=1S/C25H27N7OS.C17H23BrN4OS.C16H19BrN4O2S.C8H4BN3.C6H14O2/c1-14(2)29-20-10-21(22-8-5-16-9-15(11-26)12-28-32(16)22)27-13-18(20)24-31-30-23(34-24)17-6-7-19(17)25(3,4)33;1-9(2)20-13-7-14(18)19-8-11(13)16-22-21-15(24-16)10-5-6-12(10)17(3,4)23;1-8(2)19-12-6-13(17)18-7-11(12)15-21-20-14(24-15)9-4-5-10(9)16(22)23-3;9-8-2-1-7-3-6(4-10)5-11-12(7)8;1-5(2,7)6(3,4)8/h5,8-10,12-14,17,19,33H,6-7H2,1-4H3,(H,27,29);7-10,12,23H,5-6H2,1-4H3,(H,19,20);6-10H,4-5H2,1-3H3,(H,18,19);1-3,5H;7-8H,1-4H3/t17-,19-;10-,12-;9-,10-;;/m111../s1. The number of aromatic nitrogens is 13. The maximum atomic E-state index is 11.8. The van der Waals surface area contributed by atoms with Gasteiger partial charge in [-0.15, -0.1) is 30.6 Å². The van der Waals surface area contributed by atoms with Crippen LogP contribution in [0.4, 0.5) is 17.1 Å². The number of fused-ring (bicyclic) bond motifs is 2. The van der Waals surface area contributed by atoms with Gasteiger partial charge in [0.2, 0.25) is 0 Å². The van der Waals surface area contributed by atoms with Crippen LogP contribution >= 0.6 is 65.9 Å². The van der Waals surface area contributed by atoms with E-state index in [0.717, 1.165) is 134 Å². The molecule has 6 atom stereocenters. The van der Waals surface area contributed by atoms with Gasteiger partial charge in [-0.1, -0.05) is 34.0 Å². The fourth-order valence-corrected chi connectivity index (χ4v) is 15.4. The Hall–Kier alpha value is -7.78. The Morgan fingerprint density at radius 3 is 1.31 bits per heavy atom. The molecule has 3 aliphatic rings. The van der Waals surface area contributed by atoms with E-state index in [1.165, 1.54) is 24.6 Å². The van der Waals surface area contributed by atoms with Crippen LogP contribution in [0.2, 0.25) is 0 Å². The fourth-order valence-electron chi connectivity index (χ4n) is 11.6. The van der Waals surface area contributed by atoms with E-state index in [4.69, 9.17) is 38.3 Å². The number of nitriles is 2. The first-order valence-corrected chi connectivity index (χ1v) is 37.7. The third kappa shape index (κ3) is 19.1. The number of rotatable bonds is 17. The molecule has 0 saturated heterocycles. The van der Waals surface area contributed by atoms with Gasteiger partial charge in [-0.3, -0.25) is 9.78 Å². The van der Waals surface area contributed by atoms with Crippen molar-refractivity contribution in [3.05, 3.63) is 121 Å². The summed E-state index contributed by atoms with van der Waals surface area (Å²) in [6.07, 6.45) is 14.4. The van der Waals surface area contributed by atoms with Crippen molar-refractivity contribution in [2.24, 2.45) is 17.8 Å². The number of pyridine rings is 3. The molecule has 102 heavy (non-hydrogen) atoms. The van der Waals surface area contributed by atoms with E-state index in [1.54, 1.807) is 83.9 Å². The summed E-state index contributed by atoms with van der Waals surface area (Å²) in [5.74, 6) is 0.891. The van der Waals surface area contributed by atoms with Crippen LogP contribution in [-0.2, 0) is 9.53 Å². The number of halogens is 2. The molecule has 30 heteroatoms. The molecule has 10 aromatic rings. The fraction of sp³-hybridized carbons (Fsp3) is 0.472. The van der Waals surface area contributed by atoms with Crippen molar-refractivity contribution >= 4 is 113 Å². The number of aliphatic hydroxyl groups is 4. The van der Waals surface area contributed by atoms with E-state index in [9.17, 15) is 15.0 Å². The van der Waals surface area contributed by atoms with Crippen molar-refractivity contribution in [1.82, 2.24) is 64.8 Å². The van der Waals surface area contributed by atoms with Crippen molar-refractivity contribution in [3.63, 3.8) is 0 Å². The molecule has 10 heterocycles. The van der Waals surface area contributed by atoms with Gasteiger partial charge in [-0.2, -0.15) is 20.7 Å². The first-order valence-electron chi connectivity index (χ1n) is 33.7. The lowest BCUT2D eigenvalue weighted by Crippen LogP contribution is -2.44. The molecule has 24 nitrogen and oxygen atoms in total. The Labute approximate surface area is 625 Å². The van der Waals surface area contributed by atoms with E-state index >= 15 is 0 Å². The summed E-state index contributed by atoms with van der Waals surface area (Å²) in [6, 6.07) is 21.9. The molecule has 2 radical (unpaired) electrons. The lowest BCUT2D eigenvalue weighted by Gasteiger charge is -2.42. The largest absolute Gasteiger partial charge is 0.469 e. The number of hydrogen-bond donors (Lipinski definition) is 7. The summed E-state index contributed by atoms with van der Waals surface area (Å²) in [7, 11) is 7.02. The number of hydrogen-bond acceptors (Lipinski definition) is 25. The SMILES string of the molecule is CC(C)(O)C(C)(C)O.CC(C)Nc1cc(-c2ccc3cc(C#N)cnn23)ncc1-c1nnc([C@@H]2CC[C@H]2C(C)(C)O)s1.CC(C)Nc1cc(Br)ncc1-c1nnc([C@@H]2CC[C@H]2C(C)(C)O)s1.COC(=O)[C@@H]1CC[C@H]1c1nnc(-c2cnc(Br)cc2NC(C)C)s1.[B]c1ccc2cc(C#N)cnn12. The van der Waals surface area contributed by atoms with Crippen molar-refractivity contribution in [3.8, 4) is 55.2 Å². The normalized spacial score (nSPS) is 17.9. The van der Waals surface area contributed by atoms with Crippen LogP contribution in [0.3, 0.4) is 0 Å². The van der Waals surface area contributed by atoms with Gasteiger partial charge in [0.15, 0.2) is 15.0 Å². The number of methoxy groups -OCH3 is 1. The van der Waals surface area contributed by atoms with Crippen LogP contribution in [0.1, 0.15) is 179 Å². The van der Waals surface area contributed by atoms with Gasteiger partial charge in [0.1, 0.15) is 44.2 Å². The summed E-state index contributed by atoms with van der Waals surface area (Å²) in [5.41, 5.74) is 7.23. The second-order valence-electron chi connectivity index (χ2n) is 28.6. The lowest BCUT2D eigenvalue weighted by atomic mass is 9.66. The lowest BCUT2D eigenvalue weighted by molar-refractivity contribution is -0.149. The number of anilines is 3. The molecule has 10 aromatic heterocycles. The Morgan fingerprint density at radius 2 is 0.941 bits per heavy atom. The van der Waals surface area contributed by atoms with Crippen LogP contribution in [0.5, 0.6) is 0 Å². The van der Waals surface area contributed by atoms with Gasteiger partial charge in [-0.25, -0.2) is 19.0 Å². The highest BCUT2D eigenvalue weighted by molar-refractivity contribution is 9.10. The number of nitrogens with one attached hydrogen (secondary N) is 3. The molecule has 0 bridgehead atoms. The average Bonchev–Trinajstić information content (AvgIpc) is 1.60. The molecule has 3 saturated carbocycles. The zero-order valence-electron chi connectivity index (χ0n) is 59.9. The van der Waals surface area contributed by atoms with Gasteiger partial charge in [0.25, 0.3) is 0 Å². The molecular formula is C72H87BBr2N18O6S3. The third-order valence-corrected chi connectivity index (χ3v) is 22.3. The van der Waals surface area contributed by atoms with E-state index in [-0.39, 0.29) is 41.6 Å². The zero-order valence-corrected chi connectivity index (χ0v) is 65.5. The summed E-state index contributed by atoms with van der Waals surface area (Å²) in [5, 5.41) is 107. The highest BCUT2D eigenvalue weighted by Gasteiger charge is 2.45. The minimum Gasteiger partial charge on any atom is -0.469 e. The molecule has 13 rings (SSSR count). The number of esters is 1. The van der Waals surface area contributed by atoms with Crippen molar-refractivity contribution in [2.45, 2.75) is 194 Å². The number of carbonyl (C=O) groups excluding carboxylic acids is 1. The molecule has 0 aromatic carbocycles.